The summed E-state index contributed by atoms with van der Waals surface area (Å²) in [5, 5.41) is 6.78. The number of nitrogens with one attached hydrogen (secondary N) is 2. The number of nitrogen functional groups attached to an aromatic ring is 1. The summed E-state index contributed by atoms with van der Waals surface area (Å²) in [6, 6.07) is 11.2. The highest BCUT2D eigenvalue weighted by Crippen LogP contribution is 2.30. The van der Waals surface area contributed by atoms with Crippen LogP contribution in [0.1, 0.15) is 27.1 Å². The molecule has 7 nitrogen and oxygen atoms in total. The SMILES string of the molecule is Nc1cncc(C(=O)NCC2CC2NC(=O)c2cnc3ccccc3c2)c1. The number of benzene rings is 1. The van der Waals surface area contributed by atoms with Crippen LogP contribution in [-0.2, 0) is 0 Å². The number of carbonyl (C=O) groups is 2. The number of fused-ring (bicyclic) bond motifs is 1. The van der Waals surface area contributed by atoms with Crippen molar-refractivity contribution in [2.75, 3.05) is 12.3 Å². The zero-order valence-electron chi connectivity index (χ0n) is 14.6. The van der Waals surface area contributed by atoms with Gasteiger partial charge in [-0.2, -0.15) is 0 Å². The molecule has 0 aliphatic heterocycles. The topological polar surface area (TPSA) is 110 Å². The zero-order chi connectivity index (χ0) is 18.8. The first kappa shape index (κ1) is 17.0. The Morgan fingerprint density at radius 3 is 2.74 bits per heavy atom. The first-order valence-corrected chi connectivity index (χ1v) is 8.74. The number of hydrogen-bond acceptors (Lipinski definition) is 5. The molecule has 2 unspecified atom stereocenters. The van der Waals surface area contributed by atoms with Gasteiger partial charge in [-0.15, -0.1) is 0 Å². The number of pyridine rings is 2. The molecule has 1 aliphatic rings. The third kappa shape index (κ3) is 3.87. The van der Waals surface area contributed by atoms with E-state index in [0.29, 0.717) is 23.4 Å². The van der Waals surface area contributed by atoms with E-state index in [4.69, 9.17) is 5.73 Å². The van der Waals surface area contributed by atoms with E-state index < -0.39 is 0 Å². The van der Waals surface area contributed by atoms with Crippen molar-refractivity contribution in [1.82, 2.24) is 20.6 Å². The Labute approximate surface area is 156 Å². The van der Waals surface area contributed by atoms with E-state index in [2.05, 4.69) is 20.6 Å². The van der Waals surface area contributed by atoms with Crippen LogP contribution in [0.15, 0.2) is 55.0 Å². The van der Waals surface area contributed by atoms with Crippen LogP contribution in [-0.4, -0.2) is 34.4 Å². The average Bonchev–Trinajstić information content (AvgIpc) is 3.43. The predicted molar refractivity (Wildman–Crippen MR) is 102 cm³/mol. The van der Waals surface area contributed by atoms with Crippen LogP contribution in [0.3, 0.4) is 0 Å². The fourth-order valence-electron chi connectivity index (χ4n) is 3.00. The molecule has 1 aliphatic carbocycles. The molecule has 7 heteroatoms. The number of hydrogen-bond donors (Lipinski definition) is 3. The van der Waals surface area contributed by atoms with E-state index in [1.165, 1.54) is 12.4 Å². The normalized spacial score (nSPS) is 18.1. The summed E-state index contributed by atoms with van der Waals surface area (Å²) >= 11 is 0. The lowest BCUT2D eigenvalue weighted by atomic mass is 10.1. The van der Waals surface area contributed by atoms with E-state index in [-0.39, 0.29) is 23.8 Å². The number of carbonyl (C=O) groups excluding carboxylic acids is 2. The Balaban J connectivity index is 1.30. The van der Waals surface area contributed by atoms with Crippen molar-refractivity contribution < 1.29 is 9.59 Å². The summed E-state index contributed by atoms with van der Waals surface area (Å²) in [7, 11) is 0. The van der Waals surface area contributed by atoms with E-state index in [9.17, 15) is 9.59 Å². The molecule has 0 spiro atoms. The first-order chi connectivity index (χ1) is 13.1. The van der Waals surface area contributed by atoms with Crippen LogP contribution in [0.25, 0.3) is 10.9 Å². The van der Waals surface area contributed by atoms with Gasteiger partial charge < -0.3 is 16.4 Å². The third-order valence-corrected chi connectivity index (χ3v) is 4.64. The Hall–Kier alpha value is -3.48. The second-order valence-corrected chi connectivity index (χ2v) is 6.71. The number of amides is 2. The molecule has 2 atom stereocenters. The van der Waals surface area contributed by atoms with Crippen LogP contribution < -0.4 is 16.4 Å². The summed E-state index contributed by atoms with van der Waals surface area (Å²) in [6.07, 6.45) is 5.39. The summed E-state index contributed by atoms with van der Waals surface area (Å²) < 4.78 is 0. The van der Waals surface area contributed by atoms with Crippen molar-refractivity contribution in [2.24, 2.45) is 5.92 Å². The Bertz CT molecular complexity index is 1020. The largest absolute Gasteiger partial charge is 0.397 e. The van der Waals surface area contributed by atoms with Gasteiger partial charge in [0.1, 0.15) is 0 Å². The van der Waals surface area contributed by atoms with Crippen LogP contribution in [0.2, 0.25) is 0 Å². The second kappa shape index (κ2) is 7.03. The van der Waals surface area contributed by atoms with Crippen molar-refractivity contribution in [3.63, 3.8) is 0 Å². The molecule has 136 valence electrons. The minimum absolute atomic E-state index is 0.0586. The highest BCUT2D eigenvalue weighted by molar-refractivity contribution is 5.97. The molecule has 0 bridgehead atoms. The molecule has 2 amide bonds. The molecule has 27 heavy (non-hydrogen) atoms. The molecule has 2 heterocycles. The van der Waals surface area contributed by atoms with Crippen molar-refractivity contribution in [3.05, 3.63) is 66.1 Å². The van der Waals surface area contributed by atoms with E-state index in [0.717, 1.165) is 17.3 Å². The third-order valence-electron chi connectivity index (χ3n) is 4.64. The van der Waals surface area contributed by atoms with Gasteiger partial charge in [-0.05, 0) is 30.5 Å². The smallest absolute Gasteiger partial charge is 0.253 e. The average molecular weight is 361 g/mol. The molecule has 2 aromatic heterocycles. The van der Waals surface area contributed by atoms with E-state index in [1.807, 2.05) is 30.3 Å². The minimum Gasteiger partial charge on any atom is -0.397 e. The summed E-state index contributed by atoms with van der Waals surface area (Å²) in [4.78, 5) is 32.7. The van der Waals surface area contributed by atoms with E-state index >= 15 is 0 Å². The summed E-state index contributed by atoms with van der Waals surface area (Å²) in [6.45, 7) is 0.495. The van der Waals surface area contributed by atoms with Crippen LogP contribution >= 0.6 is 0 Å². The second-order valence-electron chi connectivity index (χ2n) is 6.71. The van der Waals surface area contributed by atoms with Gasteiger partial charge in [-0.25, -0.2) is 0 Å². The van der Waals surface area contributed by atoms with Gasteiger partial charge in [-0.3, -0.25) is 19.6 Å². The van der Waals surface area contributed by atoms with Gasteiger partial charge in [0.25, 0.3) is 11.8 Å². The van der Waals surface area contributed by atoms with Gasteiger partial charge in [0.15, 0.2) is 0 Å². The number of para-hydroxylation sites is 1. The molecule has 4 rings (SSSR count). The van der Waals surface area contributed by atoms with Crippen LogP contribution in [0.5, 0.6) is 0 Å². The maximum atomic E-state index is 12.4. The quantitative estimate of drug-likeness (QED) is 0.641. The fourth-order valence-corrected chi connectivity index (χ4v) is 3.00. The lowest BCUT2D eigenvalue weighted by molar-refractivity contribution is 0.0949. The van der Waals surface area contributed by atoms with Crippen LogP contribution in [0.4, 0.5) is 5.69 Å². The Morgan fingerprint density at radius 2 is 1.89 bits per heavy atom. The van der Waals surface area contributed by atoms with Crippen molar-refractivity contribution in [3.8, 4) is 0 Å². The zero-order valence-corrected chi connectivity index (χ0v) is 14.6. The number of aromatic nitrogens is 2. The molecule has 0 saturated heterocycles. The molecular weight excluding hydrogens is 342 g/mol. The standard InChI is InChI=1S/C20H19N5O2/c21-16-6-15(8-22-11-16)19(26)24-9-13-7-18(13)25-20(27)14-5-12-3-1-2-4-17(12)23-10-14/h1-6,8,10-11,13,18H,7,9,21H2,(H,24,26)(H,25,27). The van der Waals surface area contributed by atoms with Gasteiger partial charge in [0.2, 0.25) is 0 Å². The number of rotatable bonds is 5. The van der Waals surface area contributed by atoms with Crippen molar-refractivity contribution >= 4 is 28.4 Å². The van der Waals surface area contributed by atoms with Gasteiger partial charge in [0.05, 0.1) is 22.3 Å². The minimum atomic E-state index is -0.217. The molecule has 3 aromatic rings. The lowest BCUT2D eigenvalue weighted by Crippen LogP contribution is -2.31. The van der Waals surface area contributed by atoms with Gasteiger partial charge >= 0.3 is 0 Å². The predicted octanol–water partition coefficient (Wildman–Crippen LogP) is 1.76. The Kier molecular flexibility index (Phi) is 4.42. The van der Waals surface area contributed by atoms with Gasteiger partial charge in [0, 0.05) is 36.6 Å². The van der Waals surface area contributed by atoms with Crippen molar-refractivity contribution in [2.45, 2.75) is 12.5 Å². The summed E-state index contributed by atoms with van der Waals surface area (Å²) in [5.41, 5.74) is 7.91. The van der Waals surface area contributed by atoms with E-state index in [1.54, 1.807) is 12.3 Å². The number of nitrogens with two attached hydrogens (primary N) is 1. The van der Waals surface area contributed by atoms with Crippen molar-refractivity contribution in [1.29, 1.82) is 0 Å². The Morgan fingerprint density at radius 1 is 1.07 bits per heavy atom. The maximum Gasteiger partial charge on any atom is 0.253 e. The molecule has 1 fully saturated rings. The molecule has 0 radical (unpaired) electrons. The molecule has 4 N–H and O–H groups in total. The molecular formula is C20H19N5O2. The maximum absolute atomic E-state index is 12.4. The number of anilines is 1. The lowest BCUT2D eigenvalue weighted by Gasteiger charge is -2.07. The number of nitrogens with zero attached hydrogens (tertiary/aromatic N) is 2. The molecule has 1 saturated carbocycles. The highest BCUT2D eigenvalue weighted by atomic mass is 16.2. The monoisotopic (exact) mass is 361 g/mol. The highest BCUT2D eigenvalue weighted by Gasteiger charge is 2.38. The first-order valence-electron chi connectivity index (χ1n) is 8.74. The van der Waals surface area contributed by atoms with Gasteiger partial charge in [-0.1, -0.05) is 18.2 Å². The summed E-state index contributed by atoms with van der Waals surface area (Å²) in [5.74, 6) is -0.141. The fraction of sp³-hybridized carbons (Fsp3) is 0.200. The molecule has 1 aromatic carbocycles. The van der Waals surface area contributed by atoms with Crippen LogP contribution in [0, 0.1) is 5.92 Å².